The number of aliphatic hydroxyl groups excluding tert-OH is 1. The summed E-state index contributed by atoms with van der Waals surface area (Å²) in [6.07, 6.45) is 6.26. The second-order valence-electron chi connectivity index (χ2n) is 10.8. The van der Waals surface area contributed by atoms with E-state index < -0.39 is 5.82 Å². The molecule has 3 aromatic heterocycles. The monoisotopic (exact) mass is 667 g/mol. The van der Waals surface area contributed by atoms with Crippen LogP contribution in [0.3, 0.4) is 0 Å². The van der Waals surface area contributed by atoms with Crippen LogP contribution in [0.5, 0.6) is 5.88 Å². The summed E-state index contributed by atoms with van der Waals surface area (Å²) in [6.45, 7) is 2.11. The molecular weight excluding hydrogens is 632 g/mol. The van der Waals surface area contributed by atoms with E-state index in [-0.39, 0.29) is 30.9 Å². The molecular formula is C33H36Cl2FN7O3. The zero-order valence-corrected chi connectivity index (χ0v) is 26.9. The molecule has 1 amide bonds. The van der Waals surface area contributed by atoms with Gasteiger partial charge in [-0.2, -0.15) is 0 Å². The second kappa shape index (κ2) is 16.1. The molecule has 0 saturated carbocycles. The number of amides is 1. The van der Waals surface area contributed by atoms with Crippen LogP contribution in [-0.4, -0.2) is 65.4 Å². The van der Waals surface area contributed by atoms with Gasteiger partial charge in [-0.25, -0.2) is 14.4 Å². The van der Waals surface area contributed by atoms with Gasteiger partial charge in [0.15, 0.2) is 11.6 Å². The average Bonchev–Trinajstić information content (AvgIpc) is 3.48. The van der Waals surface area contributed by atoms with Gasteiger partial charge in [-0.05, 0) is 50.1 Å². The van der Waals surface area contributed by atoms with Crippen molar-refractivity contribution in [1.82, 2.24) is 30.9 Å². The average molecular weight is 669 g/mol. The van der Waals surface area contributed by atoms with E-state index in [0.29, 0.717) is 62.7 Å². The Bertz CT molecular complexity index is 1680. The summed E-state index contributed by atoms with van der Waals surface area (Å²) in [4.78, 5) is 24.8. The quantitative estimate of drug-likeness (QED) is 0.107. The Hall–Kier alpha value is -3.87. The van der Waals surface area contributed by atoms with Crippen LogP contribution in [0.2, 0.25) is 10.0 Å². The summed E-state index contributed by atoms with van der Waals surface area (Å²) in [5, 5.41) is 22.0. The van der Waals surface area contributed by atoms with Gasteiger partial charge < -0.3 is 31.1 Å². The van der Waals surface area contributed by atoms with E-state index in [1.807, 2.05) is 12.1 Å². The Morgan fingerprint density at radius 1 is 1.02 bits per heavy atom. The van der Waals surface area contributed by atoms with Crippen molar-refractivity contribution in [2.45, 2.75) is 38.3 Å². The first kappa shape index (κ1) is 33.5. The first-order valence-corrected chi connectivity index (χ1v) is 15.8. The summed E-state index contributed by atoms with van der Waals surface area (Å²) in [5.74, 6) is 0.132. The van der Waals surface area contributed by atoms with Gasteiger partial charge in [0, 0.05) is 66.7 Å². The summed E-state index contributed by atoms with van der Waals surface area (Å²) >= 11 is 13.8. The first-order valence-electron chi connectivity index (χ1n) is 15.1. The highest BCUT2D eigenvalue weighted by molar-refractivity contribution is 6.39. The predicted octanol–water partition coefficient (Wildman–Crippen LogP) is 5.29. The molecule has 46 heavy (non-hydrogen) atoms. The number of aryl methyl sites for hydroxylation is 1. The van der Waals surface area contributed by atoms with E-state index in [0.717, 1.165) is 37.9 Å². The zero-order valence-electron chi connectivity index (χ0n) is 25.4. The maximum absolute atomic E-state index is 15.2. The lowest BCUT2D eigenvalue weighted by Crippen LogP contribution is -2.36. The number of anilines is 2. The number of nitrogens with one attached hydrogen (secondary N) is 4. The summed E-state index contributed by atoms with van der Waals surface area (Å²) in [7, 11) is 1.59. The largest absolute Gasteiger partial charge is 0.481 e. The van der Waals surface area contributed by atoms with Crippen molar-refractivity contribution in [3.8, 4) is 28.4 Å². The molecule has 5 rings (SSSR count). The van der Waals surface area contributed by atoms with E-state index in [1.54, 1.807) is 43.6 Å². The van der Waals surface area contributed by atoms with Gasteiger partial charge in [0.25, 0.3) is 0 Å². The molecule has 0 unspecified atom stereocenters. The maximum atomic E-state index is 15.2. The van der Waals surface area contributed by atoms with Gasteiger partial charge in [-0.15, -0.1) is 0 Å². The molecule has 0 radical (unpaired) electrons. The Morgan fingerprint density at radius 2 is 1.87 bits per heavy atom. The van der Waals surface area contributed by atoms with Crippen LogP contribution in [0.4, 0.5) is 15.9 Å². The van der Waals surface area contributed by atoms with E-state index in [1.165, 1.54) is 6.20 Å². The first-order chi connectivity index (χ1) is 22.4. The van der Waals surface area contributed by atoms with Crippen LogP contribution in [0.25, 0.3) is 22.5 Å². The summed E-state index contributed by atoms with van der Waals surface area (Å²) < 4.78 is 20.8. The number of rotatable bonds is 15. The van der Waals surface area contributed by atoms with E-state index >= 15 is 4.39 Å². The Labute approximate surface area is 277 Å². The molecule has 0 aliphatic carbocycles. The van der Waals surface area contributed by atoms with Crippen molar-refractivity contribution >= 4 is 40.6 Å². The smallest absolute Gasteiger partial charge is 0.220 e. The van der Waals surface area contributed by atoms with Crippen molar-refractivity contribution in [3.63, 3.8) is 0 Å². The lowest BCUT2D eigenvalue weighted by Gasteiger charge is -2.15. The molecule has 0 bridgehead atoms. The molecule has 1 saturated heterocycles. The fraction of sp³-hybridized carbons (Fsp3) is 0.333. The zero-order chi connectivity index (χ0) is 32.5. The standard InChI is InChI=1S/C33H36Cl2FN7O3/c1-46-33-20(4-3-13-37-19-22-8-10-27(45)41-22)7-9-25(43-33)23-12-15-39-31(29(23)35)24-5-2-6-26(28(24)34)42-32-30(36)21(11-14-40-32)18-38-16-17-44/h2,5-7,9,11-12,14-15,22,37-38,44H,3-4,8,10,13,16-19H2,1H3,(H,40,42)(H,41,45)/t22-/m1/s1. The van der Waals surface area contributed by atoms with Crippen molar-refractivity contribution in [1.29, 1.82) is 0 Å². The molecule has 13 heteroatoms. The van der Waals surface area contributed by atoms with Crippen LogP contribution in [0.15, 0.2) is 54.9 Å². The number of ether oxygens (including phenoxy) is 1. The number of aromatic nitrogens is 3. The molecule has 242 valence electrons. The molecule has 4 heterocycles. The highest BCUT2D eigenvalue weighted by Gasteiger charge is 2.21. The number of carbonyl (C=O) groups excluding carboxylic acids is 1. The van der Waals surface area contributed by atoms with Crippen molar-refractivity contribution < 1.29 is 19.0 Å². The number of hydrogen-bond acceptors (Lipinski definition) is 9. The topological polar surface area (TPSA) is 133 Å². The number of aliphatic hydroxyl groups is 1. The second-order valence-corrected chi connectivity index (χ2v) is 11.6. The van der Waals surface area contributed by atoms with E-state index in [2.05, 4.69) is 31.2 Å². The number of nitrogens with zero attached hydrogens (tertiary/aromatic N) is 3. The van der Waals surface area contributed by atoms with Crippen molar-refractivity contribution in [3.05, 3.63) is 81.8 Å². The van der Waals surface area contributed by atoms with Gasteiger partial charge in [0.2, 0.25) is 11.8 Å². The fourth-order valence-electron chi connectivity index (χ4n) is 5.27. The molecule has 10 nitrogen and oxygen atoms in total. The minimum Gasteiger partial charge on any atom is -0.481 e. The van der Waals surface area contributed by atoms with Crippen LogP contribution in [0, 0.1) is 5.82 Å². The third-order valence-electron chi connectivity index (χ3n) is 7.65. The predicted molar refractivity (Wildman–Crippen MR) is 178 cm³/mol. The van der Waals surface area contributed by atoms with Gasteiger partial charge in [-0.3, -0.25) is 9.78 Å². The van der Waals surface area contributed by atoms with Crippen LogP contribution < -0.4 is 26.0 Å². The number of hydrogen-bond donors (Lipinski definition) is 5. The van der Waals surface area contributed by atoms with Crippen LogP contribution in [-0.2, 0) is 17.8 Å². The van der Waals surface area contributed by atoms with Gasteiger partial charge in [0.1, 0.15) is 0 Å². The van der Waals surface area contributed by atoms with Crippen LogP contribution >= 0.6 is 23.2 Å². The molecule has 1 aliphatic heterocycles. The Balaban J connectivity index is 1.31. The number of halogens is 3. The maximum Gasteiger partial charge on any atom is 0.220 e. The Kier molecular flexibility index (Phi) is 11.7. The van der Waals surface area contributed by atoms with Crippen molar-refractivity contribution in [2.24, 2.45) is 0 Å². The minimum atomic E-state index is -0.522. The molecule has 1 aliphatic rings. The van der Waals surface area contributed by atoms with Crippen LogP contribution in [0.1, 0.15) is 30.4 Å². The van der Waals surface area contributed by atoms with Gasteiger partial charge in [-0.1, -0.05) is 41.4 Å². The third kappa shape index (κ3) is 8.09. The Morgan fingerprint density at radius 3 is 2.65 bits per heavy atom. The molecule has 1 fully saturated rings. The number of pyridine rings is 3. The lowest BCUT2D eigenvalue weighted by molar-refractivity contribution is -0.119. The minimum absolute atomic E-state index is 0.0182. The van der Waals surface area contributed by atoms with E-state index in [9.17, 15) is 4.79 Å². The van der Waals surface area contributed by atoms with Gasteiger partial charge in [0.05, 0.1) is 40.8 Å². The summed E-state index contributed by atoms with van der Waals surface area (Å²) in [5.41, 5.74) is 4.07. The number of methoxy groups -OCH3 is 1. The molecule has 5 N–H and O–H groups in total. The number of benzene rings is 1. The lowest BCUT2D eigenvalue weighted by atomic mass is 10.0. The number of carbonyl (C=O) groups is 1. The van der Waals surface area contributed by atoms with Crippen molar-refractivity contribution in [2.75, 3.05) is 38.7 Å². The normalized spacial score (nSPS) is 14.4. The highest BCUT2D eigenvalue weighted by Crippen LogP contribution is 2.41. The SMILES string of the molecule is COc1nc(-c2ccnc(-c3cccc(Nc4nccc(CNCCO)c4F)c3Cl)c2Cl)ccc1CCCNC[C@H]1CCC(=O)N1. The molecule has 4 aromatic rings. The van der Waals surface area contributed by atoms with E-state index in [4.69, 9.17) is 38.0 Å². The molecule has 1 aromatic carbocycles. The third-order valence-corrected chi connectivity index (χ3v) is 8.44. The fourth-order valence-corrected chi connectivity index (χ4v) is 5.85. The molecule has 1 atom stereocenters. The molecule has 0 spiro atoms. The van der Waals surface area contributed by atoms with Gasteiger partial charge >= 0.3 is 0 Å². The summed E-state index contributed by atoms with van der Waals surface area (Å²) in [6, 6.07) is 12.7. The highest BCUT2D eigenvalue weighted by atomic mass is 35.5.